The normalized spacial score (nSPS) is 16.9. The minimum Gasteiger partial charge on any atom is -0.369 e. The number of nitrogens with two attached hydrogens (primary N) is 1. The molecule has 38 heavy (non-hydrogen) atoms. The molecule has 1 aliphatic heterocycles. The van der Waals surface area contributed by atoms with Crippen LogP contribution < -0.4 is 16.6 Å². The lowest BCUT2D eigenvalue weighted by Gasteiger charge is -2.25. The maximum atomic E-state index is 13.8. The fraction of sp³-hybridized carbons (Fsp3) is 0.214. The van der Waals surface area contributed by atoms with E-state index in [9.17, 15) is 27.6 Å². The number of primary amides is 1. The average molecular weight is 523 g/mol. The molecule has 0 saturated heterocycles. The number of aliphatic imine (C=N–C) groups is 1. The van der Waals surface area contributed by atoms with Gasteiger partial charge in [-0.15, -0.1) is 0 Å². The zero-order valence-corrected chi connectivity index (χ0v) is 20.6. The number of hydrogen-bond donors (Lipinski definition) is 2. The highest BCUT2D eigenvalue weighted by Gasteiger charge is 2.34. The summed E-state index contributed by atoms with van der Waals surface area (Å²) in [7, 11) is 0. The molecule has 2 aromatic carbocycles. The van der Waals surface area contributed by atoms with Crippen molar-refractivity contribution in [3.8, 4) is 5.69 Å². The molecule has 0 spiro atoms. The molecule has 196 valence electrons. The molecule has 2 heterocycles. The summed E-state index contributed by atoms with van der Waals surface area (Å²) < 4.78 is 41.2. The van der Waals surface area contributed by atoms with Crippen molar-refractivity contribution in [3.63, 3.8) is 0 Å². The molecular formula is C28H25F3N4O3. The second-order valence-corrected chi connectivity index (χ2v) is 9.03. The van der Waals surface area contributed by atoms with Gasteiger partial charge in [-0.05, 0) is 55.3 Å². The van der Waals surface area contributed by atoms with Gasteiger partial charge in [-0.25, -0.2) is 0 Å². The summed E-state index contributed by atoms with van der Waals surface area (Å²) in [5.74, 6) is -2.38. The lowest BCUT2D eigenvalue weighted by Crippen LogP contribution is -2.37. The number of dihydropyridines is 1. The Morgan fingerprint density at radius 3 is 2.45 bits per heavy atom. The lowest BCUT2D eigenvalue weighted by atomic mass is 9.88. The topological polar surface area (TPSA) is 107 Å². The van der Waals surface area contributed by atoms with Crippen molar-refractivity contribution in [2.75, 3.05) is 0 Å². The third-order valence-corrected chi connectivity index (χ3v) is 6.29. The summed E-state index contributed by atoms with van der Waals surface area (Å²) >= 11 is 0. The smallest absolute Gasteiger partial charge is 0.369 e. The van der Waals surface area contributed by atoms with Crippen molar-refractivity contribution in [1.82, 2.24) is 9.88 Å². The van der Waals surface area contributed by atoms with Crippen LogP contribution in [0.5, 0.6) is 0 Å². The summed E-state index contributed by atoms with van der Waals surface area (Å²) in [6.45, 7) is 3.55. The van der Waals surface area contributed by atoms with Crippen LogP contribution in [0, 0.1) is 19.8 Å². The summed E-state index contributed by atoms with van der Waals surface area (Å²) in [6.07, 6.45) is -0.118. The van der Waals surface area contributed by atoms with Crippen LogP contribution in [0.1, 0.15) is 44.3 Å². The molecule has 2 unspecified atom stereocenters. The van der Waals surface area contributed by atoms with Gasteiger partial charge in [0.25, 0.3) is 11.5 Å². The molecule has 1 aromatic heterocycles. The SMILES string of the molecule is Cc1ccc(CNC(=O)c2c(C3N=CC=CC3C(N)=O)cc(C)n(-c3cccc(C(F)(F)F)c3)c2=O)cc1. The van der Waals surface area contributed by atoms with Crippen molar-refractivity contribution in [1.29, 1.82) is 0 Å². The quantitative estimate of drug-likeness (QED) is 0.507. The van der Waals surface area contributed by atoms with Crippen LogP contribution in [0.3, 0.4) is 0 Å². The number of carbonyl (C=O) groups is 2. The van der Waals surface area contributed by atoms with E-state index in [1.165, 1.54) is 37.4 Å². The third-order valence-electron chi connectivity index (χ3n) is 6.29. The van der Waals surface area contributed by atoms with E-state index < -0.39 is 41.1 Å². The number of alkyl halides is 3. The molecule has 7 nitrogen and oxygen atoms in total. The third kappa shape index (κ3) is 5.44. The van der Waals surface area contributed by atoms with Gasteiger partial charge in [-0.2, -0.15) is 13.2 Å². The van der Waals surface area contributed by atoms with Crippen LogP contribution in [0.2, 0.25) is 0 Å². The van der Waals surface area contributed by atoms with E-state index in [0.717, 1.165) is 27.8 Å². The molecule has 1 aliphatic rings. The maximum absolute atomic E-state index is 13.8. The Labute approximate surface area is 216 Å². The zero-order chi connectivity index (χ0) is 27.6. The molecule has 0 radical (unpaired) electrons. The van der Waals surface area contributed by atoms with E-state index >= 15 is 0 Å². The van der Waals surface area contributed by atoms with E-state index in [2.05, 4.69) is 10.3 Å². The van der Waals surface area contributed by atoms with Crippen molar-refractivity contribution < 1.29 is 22.8 Å². The van der Waals surface area contributed by atoms with Gasteiger partial charge in [0.15, 0.2) is 0 Å². The highest BCUT2D eigenvalue weighted by atomic mass is 19.4. The molecule has 0 saturated carbocycles. The van der Waals surface area contributed by atoms with Gasteiger partial charge in [-0.1, -0.05) is 42.0 Å². The Kier molecular flexibility index (Phi) is 7.34. The number of benzene rings is 2. The molecule has 0 fully saturated rings. The molecular weight excluding hydrogens is 497 g/mol. The Morgan fingerprint density at radius 2 is 1.79 bits per heavy atom. The molecule has 2 atom stereocenters. The Morgan fingerprint density at radius 1 is 1.08 bits per heavy atom. The van der Waals surface area contributed by atoms with Gasteiger partial charge in [-0.3, -0.25) is 23.9 Å². The molecule has 2 amide bonds. The number of nitrogens with one attached hydrogen (secondary N) is 1. The van der Waals surface area contributed by atoms with Gasteiger partial charge < -0.3 is 11.1 Å². The van der Waals surface area contributed by atoms with Crippen LogP contribution in [0.4, 0.5) is 13.2 Å². The number of hydrogen-bond acceptors (Lipinski definition) is 4. The van der Waals surface area contributed by atoms with Crippen molar-refractivity contribution >= 4 is 18.0 Å². The molecule has 0 aliphatic carbocycles. The number of amides is 2. The van der Waals surface area contributed by atoms with Gasteiger partial charge >= 0.3 is 6.18 Å². The first-order valence-corrected chi connectivity index (χ1v) is 11.7. The number of nitrogens with zero attached hydrogens (tertiary/aromatic N) is 2. The van der Waals surface area contributed by atoms with Gasteiger partial charge in [0.2, 0.25) is 5.91 Å². The van der Waals surface area contributed by atoms with Crippen molar-refractivity contribution in [3.05, 3.63) is 111 Å². The van der Waals surface area contributed by atoms with Crippen LogP contribution >= 0.6 is 0 Å². The first-order valence-electron chi connectivity index (χ1n) is 11.7. The fourth-order valence-corrected chi connectivity index (χ4v) is 4.37. The maximum Gasteiger partial charge on any atom is 0.416 e. The van der Waals surface area contributed by atoms with Crippen molar-refractivity contribution in [2.45, 2.75) is 32.6 Å². The monoisotopic (exact) mass is 522 g/mol. The summed E-state index contributed by atoms with van der Waals surface area (Å²) in [4.78, 5) is 43.8. The molecule has 10 heteroatoms. The Bertz CT molecular complexity index is 1510. The largest absolute Gasteiger partial charge is 0.416 e. The van der Waals surface area contributed by atoms with E-state index in [1.807, 2.05) is 31.2 Å². The van der Waals surface area contributed by atoms with Crippen LogP contribution in [0.25, 0.3) is 5.69 Å². The Balaban J connectivity index is 1.86. The highest BCUT2D eigenvalue weighted by Crippen LogP contribution is 2.33. The van der Waals surface area contributed by atoms with Crippen molar-refractivity contribution in [2.24, 2.45) is 16.6 Å². The van der Waals surface area contributed by atoms with Crippen LogP contribution in [0.15, 0.2) is 76.5 Å². The predicted molar refractivity (Wildman–Crippen MR) is 137 cm³/mol. The number of aryl methyl sites for hydroxylation is 2. The summed E-state index contributed by atoms with van der Waals surface area (Å²) in [5, 5.41) is 2.71. The molecule has 3 aromatic rings. The zero-order valence-electron chi connectivity index (χ0n) is 20.6. The van der Waals surface area contributed by atoms with E-state index in [1.54, 1.807) is 6.08 Å². The molecule has 4 rings (SSSR count). The highest BCUT2D eigenvalue weighted by molar-refractivity contribution is 5.96. The Hall–Kier alpha value is -4.47. The first kappa shape index (κ1) is 26.6. The number of allylic oxidation sites excluding steroid dienone is 1. The van der Waals surface area contributed by atoms with E-state index in [0.29, 0.717) is 0 Å². The number of halogens is 3. The van der Waals surface area contributed by atoms with Gasteiger partial charge in [0.1, 0.15) is 5.56 Å². The van der Waals surface area contributed by atoms with Crippen LogP contribution in [-0.2, 0) is 17.5 Å². The summed E-state index contributed by atoms with van der Waals surface area (Å²) in [6, 6.07) is 12.2. The average Bonchev–Trinajstić information content (AvgIpc) is 2.87. The number of pyridine rings is 1. The summed E-state index contributed by atoms with van der Waals surface area (Å²) in [5.41, 5.74) is 5.63. The fourth-order valence-electron chi connectivity index (χ4n) is 4.37. The standard InChI is InChI=1S/C28H25F3N4O3/c1-16-8-10-18(11-9-16)15-34-26(37)23-22(24-21(25(32)36)7-4-12-33-24)13-17(2)35(27(23)38)20-6-3-5-19(14-20)28(29,30)31/h3-14,21,24H,15H2,1-2H3,(H2,32,36)(H,34,37). The van der Waals surface area contributed by atoms with E-state index in [-0.39, 0.29) is 29.1 Å². The number of rotatable bonds is 6. The minimum absolute atomic E-state index is 0.0556. The number of carbonyl (C=O) groups excluding carboxylic acids is 2. The van der Waals surface area contributed by atoms with Crippen LogP contribution in [-0.4, -0.2) is 22.6 Å². The molecule has 0 bridgehead atoms. The molecule has 3 N–H and O–H groups in total. The number of aromatic nitrogens is 1. The van der Waals surface area contributed by atoms with E-state index in [4.69, 9.17) is 5.73 Å². The van der Waals surface area contributed by atoms with Gasteiger partial charge in [0, 0.05) is 24.1 Å². The second-order valence-electron chi connectivity index (χ2n) is 9.03. The minimum atomic E-state index is -4.63. The second kappa shape index (κ2) is 10.5. The first-order chi connectivity index (χ1) is 18.0. The predicted octanol–water partition coefficient (Wildman–Crippen LogP) is 4.19. The lowest BCUT2D eigenvalue weighted by molar-refractivity contribution is -0.137. The van der Waals surface area contributed by atoms with Gasteiger partial charge in [0.05, 0.1) is 17.5 Å².